The van der Waals surface area contributed by atoms with Gasteiger partial charge in [-0.05, 0) is 11.4 Å². The van der Waals surface area contributed by atoms with Crippen molar-refractivity contribution in [1.29, 1.82) is 10.7 Å². The van der Waals surface area contributed by atoms with Gasteiger partial charge in [0.1, 0.15) is 18.3 Å². The molecule has 0 aromatic carbocycles. The quantitative estimate of drug-likeness (QED) is 0.880. The largest absolute Gasteiger partial charge is 0.459 e. The summed E-state index contributed by atoms with van der Waals surface area (Å²) in [6.45, 7) is -0.422. The lowest BCUT2D eigenvalue weighted by Gasteiger charge is -2.27. The highest BCUT2D eigenvalue weighted by molar-refractivity contribution is 7.10. The van der Waals surface area contributed by atoms with Gasteiger partial charge in [-0.15, -0.1) is 11.3 Å². The summed E-state index contributed by atoms with van der Waals surface area (Å²) >= 11 is 1.41. The molecular weight excluding hydrogens is 292 g/mol. The third kappa shape index (κ3) is 2.14. The van der Waals surface area contributed by atoms with E-state index in [0.717, 1.165) is 10.9 Å². The Balaban J connectivity index is 2.27. The summed E-state index contributed by atoms with van der Waals surface area (Å²) < 4.78 is 10.7. The lowest BCUT2D eigenvalue weighted by atomic mass is 9.87. The fourth-order valence-corrected chi connectivity index (χ4v) is 3.17. The van der Waals surface area contributed by atoms with E-state index in [0.29, 0.717) is 0 Å². The number of rotatable bonds is 2. The van der Waals surface area contributed by atoms with Crippen LogP contribution < -0.4 is 10.2 Å². The summed E-state index contributed by atoms with van der Waals surface area (Å²) in [5, 5.41) is 28.2. The molecule has 2 N–H and O–H groups in total. The molecule has 0 bridgehead atoms. The highest BCUT2D eigenvalue weighted by Gasteiger charge is 2.41. The molecule has 2 aromatic heterocycles. The van der Waals surface area contributed by atoms with Crippen LogP contribution in [0.3, 0.4) is 0 Å². The van der Waals surface area contributed by atoms with Gasteiger partial charge in [-0.1, -0.05) is 6.07 Å². The number of thiophene rings is 1. The normalized spacial score (nSPS) is 20.5. The molecule has 0 radical (unpaired) electrons. The first-order chi connectivity index (χ1) is 10.2. The number of hydrogen-bond acceptors (Lipinski definition) is 7. The Kier molecular flexibility index (Phi) is 3.33. The van der Waals surface area contributed by atoms with Crippen molar-refractivity contribution in [3.05, 3.63) is 50.2 Å². The molecule has 106 valence electrons. The van der Waals surface area contributed by atoms with Crippen molar-refractivity contribution >= 4 is 17.2 Å². The summed E-state index contributed by atoms with van der Waals surface area (Å²) in [4.78, 5) is 12.8. The van der Waals surface area contributed by atoms with Crippen LogP contribution >= 0.6 is 11.3 Å². The molecule has 6 nitrogen and oxygen atoms in total. The Hall–Kier alpha value is -2.43. The Morgan fingerprint density at radius 1 is 1.52 bits per heavy atom. The predicted octanol–water partition coefficient (Wildman–Crippen LogP) is 1.83. The van der Waals surface area contributed by atoms with E-state index < -0.39 is 23.9 Å². The topological polar surface area (TPSA) is 107 Å². The molecule has 0 fully saturated rings. The standard InChI is InChI=1S/C14H10N2O4S/c15-5-8-11(10-2-1-3-21-10)13-12(20-14(8)16)9(18)4-7(6-17)19-13/h1-4,8,11,16-17H,6H2. The second kappa shape index (κ2) is 5.16. The monoisotopic (exact) mass is 302 g/mol. The van der Waals surface area contributed by atoms with Crippen molar-refractivity contribution in [2.24, 2.45) is 5.92 Å². The number of nitrogens with zero attached hydrogens (tertiary/aromatic N) is 1. The first-order valence-corrected chi connectivity index (χ1v) is 7.00. The highest BCUT2D eigenvalue weighted by atomic mass is 32.1. The van der Waals surface area contributed by atoms with Gasteiger partial charge >= 0.3 is 0 Å². The minimum Gasteiger partial charge on any atom is -0.459 e. The lowest BCUT2D eigenvalue weighted by molar-refractivity contribution is 0.231. The smallest absolute Gasteiger partial charge is 0.228 e. The number of nitrogens with one attached hydrogen (secondary N) is 1. The Morgan fingerprint density at radius 3 is 2.95 bits per heavy atom. The van der Waals surface area contributed by atoms with Crippen LogP contribution in [-0.2, 0) is 6.61 Å². The molecule has 3 heterocycles. The SMILES string of the molecule is N#CC1C(=N)Oc2c(oc(CO)cc2=O)C1c1cccs1. The van der Waals surface area contributed by atoms with Crippen molar-refractivity contribution < 1.29 is 14.3 Å². The molecule has 1 aliphatic rings. The van der Waals surface area contributed by atoms with Gasteiger partial charge in [0, 0.05) is 10.9 Å². The average Bonchev–Trinajstić information content (AvgIpc) is 3.00. The van der Waals surface area contributed by atoms with Crippen molar-refractivity contribution in [3.8, 4) is 11.8 Å². The fraction of sp³-hybridized carbons (Fsp3) is 0.214. The molecule has 7 heteroatoms. The molecule has 3 rings (SSSR count). The summed E-state index contributed by atoms with van der Waals surface area (Å²) in [5.74, 6) is -1.50. The highest BCUT2D eigenvalue weighted by Crippen LogP contribution is 2.42. The summed E-state index contributed by atoms with van der Waals surface area (Å²) in [6, 6.07) is 6.79. The molecule has 0 saturated heterocycles. The lowest BCUT2D eigenvalue weighted by Crippen LogP contribution is -2.33. The van der Waals surface area contributed by atoms with E-state index in [1.54, 1.807) is 0 Å². The number of aliphatic hydroxyl groups is 1. The molecule has 2 aromatic rings. The van der Waals surface area contributed by atoms with Crippen LogP contribution in [0.5, 0.6) is 5.75 Å². The summed E-state index contributed by atoms with van der Waals surface area (Å²) in [6.07, 6.45) is 0. The second-order valence-corrected chi connectivity index (χ2v) is 5.47. The van der Waals surface area contributed by atoms with E-state index in [1.165, 1.54) is 11.3 Å². The van der Waals surface area contributed by atoms with Crippen LogP contribution in [0.2, 0.25) is 0 Å². The van der Waals surface area contributed by atoms with E-state index >= 15 is 0 Å². The van der Waals surface area contributed by atoms with Gasteiger partial charge in [-0.3, -0.25) is 10.2 Å². The molecule has 2 atom stereocenters. The zero-order chi connectivity index (χ0) is 15.0. The molecule has 0 aliphatic carbocycles. The number of fused-ring (bicyclic) bond motifs is 1. The summed E-state index contributed by atoms with van der Waals surface area (Å²) in [5.41, 5.74) is -0.469. The molecular formula is C14H10N2O4S. The van der Waals surface area contributed by atoms with Crippen molar-refractivity contribution in [2.75, 3.05) is 0 Å². The third-order valence-electron chi connectivity index (χ3n) is 3.24. The fourth-order valence-electron chi connectivity index (χ4n) is 2.30. The van der Waals surface area contributed by atoms with Gasteiger partial charge < -0.3 is 14.3 Å². The Morgan fingerprint density at radius 2 is 2.33 bits per heavy atom. The van der Waals surface area contributed by atoms with Crippen LogP contribution in [-0.4, -0.2) is 11.0 Å². The molecule has 0 amide bonds. The molecule has 1 aliphatic heterocycles. The van der Waals surface area contributed by atoms with Gasteiger partial charge in [0.05, 0.1) is 12.0 Å². The van der Waals surface area contributed by atoms with Crippen molar-refractivity contribution in [1.82, 2.24) is 0 Å². The molecule has 0 saturated carbocycles. The van der Waals surface area contributed by atoms with Gasteiger partial charge in [0.15, 0.2) is 5.76 Å². The van der Waals surface area contributed by atoms with Gasteiger partial charge in [-0.25, -0.2) is 0 Å². The van der Waals surface area contributed by atoms with Gasteiger partial charge in [0.2, 0.25) is 17.1 Å². The summed E-state index contributed by atoms with van der Waals surface area (Å²) in [7, 11) is 0. The van der Waals surface area contributed by atoms with Crippen LogP contribution in [0.1, 0.15) is 22.3 Å². The van der Waals surface area contributed by atoms with Gasteiger partial charge in [0.25, 0.3) is 0 Å². The molecule has 2 unspecified atom stereocenters. The zero-order valence-electron chi connectivity index (χ0n) is 10.7. The molecule has 0 spiro atoms. The maximum absolute atomic E-state index is 12.0. The minimum absolute atomic E-state index is 0.0814. The number of aliphatic hydroxyl groups excluding tert-OH is 1. The van der Waals surface area contributed by atoms with E-state index in [1.807, 2.05) is 23.6 Å². The first kappa shape index (κ1) is 13.5. The van der Waals surface area contributed by atoms with E-state index in [2.05, 4.69) is 0 Å². The predicted molar refractivity (Wildman–Crippen MR) is 74.5 cm³/mol. The van der Waals surface area contributed by atoms with Crippen LogP contribution in [0, 0.1) is 22.7 Å². The van der Waals surface area contributed by atoms with E-state index in [4.69, 9.17) is 14.6 Å². The van der Waals surface area contributed by atoms with Crippen molar-refractivity contribution in [2.45, 2.75) is 12.5 Å². The van der Waals surface area contributed by atoms with Crippen LogP contribution in [0.15, 0.2) is 32.8 Å². The first-order valence-electron chi connectivity index (χ1n) is 6.12. The van der Waals surface area contributed by atoms with Crippen LogP contribution in [0.4, 0.5) is 0 Å². The average molecular weight is 302 g/mol. The van der Waals surface area contributed by atoms with Crippen LogP contribution in [0.25, 0.3) is 0 Å². The Bertz CT molecular complexity index is 788. The number of hydrogen-bond donors (Lipinski definition) is 2. The van der Waals surface area contributed by atoms with E-state index in [9.17, 15) is 15.2 Å². The second-order valence-electron chi connectivity index (χ2n) is 4.49. The minimum atomic E-state index is -0.867. The number of ether oxygens (including phenoxy) is 1. The van der Waals surface area contributed by atoms with E-state index in [-0.39, 0.29) is 23.2 Å². The Labute approximate surface area is 123 Å². The third-order valence-corrected chi connectivity index (χ3v) is 4.19. The maximum atomic E-state index is 12.0. The van der Waals surface area contributed by atoms with Crippen molar-refractivity contribution in [3.63, 3.8) is 0 Å². The zero-order valence-corrected chi connectivity index (χ0v) is 11.5. The van der Waals surface area contributed by atoms with Gasteiger partial charge in [-0.2, -0.15) is 5.26 Å². The molecule has 21 heavy (non-hydrogen) atoms. The number of nitriles is 1. The maximum Gasteiger partial charge on any atom is 0.228 e.